The lowest BCUT2D eigenvalue weighted by atomic mass is 10.0. The van der Waals surface area contributed by atoms with Crippen molar-refractivity contribution in [3.8, 4) is 17.6 Å². The molecule has 0 saturated carbocycles. The van der Waals surface area contributed by atoms with Crippen LogP contribution in [0.25, 0.3) is 0 Å². The first kappa shape index (κ1) is 17.0. The van der Waals surface area contributed by atoms with Gasteiger partial charge in [0.05, 0.1) is 5.69 Å². The Morgan fingerprint density at radius 1 is 1.12 bits per heavy atom. The zero-order chi connectivity index (χ0) is 18.5. The normalized spacial score (nSPS) is 12.8. The summed E-state index contributed by atoms with van der Waals surface area (Å²) in [6.07, 6.45) is 0. The van der Waals surface area contributed by atoms with Crippen molar-refractivity contribution in [3.05, 3.63) is 53.6 Å². The average Bonchev–Trinajstić information content (AvgIpc) is 2.67. The summed E-state index contributed by atoms with van der Waals surface area (Å²) in [6.45, 7) is 0.949. The highest BCUT2D eigenvalue weighted by molar-refractivity contribution is 6.45. The first-order valence-corrected chi connectivity index (χ1v) is 7.71. The fourth-order valence-electron chi connectivity index (χ4n) is 2.31. The molecule has 1 heterocycles. The second-order valence-electron chi connectivity index (χ2n) is 5.36. The molecule has 0 saturated heterocycles. The summed E-state index contributed by atoms with van der Waals surface area (Å²) in [5.74, 6) is 0.607. The van der Waals surface area contributed by atoms with Crippen LogP contribution in [0.3, 0.4) is 0 Å². The van der Waals surface area contributed by atoms with Gasteiger partial charge in [-0.05, 0) is 42.5 Å². The molecule has 0 radical (unpaired) electrons. The molecule has 4 N–H and O–H groups in total. The van der Waals surface area contributed by atoms with Crippen molar-refractivity contribution >= 4 is 23.0 Å². The number of carbonyl (C=O) groups is 1. The van der Waals surface area contributed by atoms with Crippen LogP contribution in [0.5, 0.6) is 11.5 Å². The van der Waals surface area contributed by atoms with Crippen LogP contribution in [0.2, 0.25) is 0 Å². The second-order valence-corrected chi connectivity index (χ2v) is 5.36. The van der Waals surface area contributed by atoms with Crippen molar-refractivity contribution in [1.29, 1.82) is 10.7 Å². The Morgan fingerprint density at radius 3 is 2.42 bits per heavy atom. The van der Waals surface area contributed by atoms with E-state index in [1.165, 1.54) is 0 Å². The summed E-state index contributed by atoms with van der Waals surface area (Å²) in [4.78, 5) is 12.6. The molecule has 130 valence electrons. The van der Waals surface area contributed by atoms with Crippen molar-refractivity contribution in [2.45, 2.75) is 0 Å². The maximum Gasteiger partial charge on any atom is 0.201 e. The molecule has 0 fully saturated rings. The minimum Gasteiger partial charge on any atom is -0.486 e. The fourth-order valence-corrected chi connectivity index (χ4v) is 2.31. The van der Waals surface area contributed by atoms with Crippen LogP contribution in [0, 0.1) is 16.7 Å². The molecule has 0 amide bonds. The molecule has 0 aromatic heterocycles. The van der Waals surface area contributed by atoms with Gasteiger partial charge in [0.25, 0.3) is 0 Å². The van der Waals surface area contributed by atoms with Crippen LogP contribution in [-0.2, 0) is 0 Å². The molecule has 1 aliphatic heterocycles. The van der Waals surface area contributed by atoms with Gasteiger partial charge >= 0.3 is 0 Å². The number of amidine groups is 1. The number of hydrogen-bond acceptors (Lipinski definition) is 7. The smallest absolute Gasteiger partial charge is 0.201 e. The Balaban J connectivity index is 1.75. The van der Waals surface area contributed by atoms with E-state index in [0.717, 1.165) is 0 Å². The molecule has 26 heavy (non-hydrogen) atoms. The highest BCUT2D eigenvalue weighted by atomic mass is 16.6. The first-order valence-electron chi connectivity index (χ1n) is 7.71. The number of nitrogens with two attached hydrogens (primary N) is 1. The number of anilines is 1. The summed E-state index contributed by atoms with van der Waals surface area (Å²) < 4.78 is 10.9. The summed E-state index contributed by atoms with van der Waals surface area (Å²) in [5, 5.41) is 19.7. The predicted octanol–water partition coefficient (Wildman–Crippen LogP) is 1.92. The number of rotatable bonds is 5. The van der Waals surface area contributed by atoms with Gasteiger partial charge in [0.2, 0.25) is 5.71 Å². The summed E-state index contributed by atoms with van der Waals surface area (Å²) in [6, 6.07) is 13.3. The zero-order valence-corrected chi connectivity index (χ0v) is 13.7. The van der Waals surface area contributed by atoms with Gasteiger partial charge in [-0.3, -0.25) is 15.6 Å². The van der Waals surface area contributed by atoms with Gasteiger partial charge in [0, 0.05) is 11.1 Å². The molecule has 3 rings (SSSR count). The van der Waals surface area contributed by atoms with Crippen molar-refractivity contribution in [1.82, 2.24) is 0 Å². The zero-order valence-electron chi connectivity index (χ0n) is 13.7. The molecule has 8 heteroatoms. The molecule has 2 aromatic rings. The number of benzene rings is 2. The average molecular weight is 349 g/mol. The van der Waals surface area contributed by atoms with Crippen LogP contribution >= 0.6 is 0 Å². The Hall–Kier alpha value is -3.86. The number of hydrogen-bond donors (Lipinski definition) is 3. The Bertz CT molecular complexity index is 929. The van der Waals surface area contributed by atoms with E-state index in [9.17, 15) is 4.79 Å². The molecular weight excluding hydrogens is 334 g/mol. The number of fused-ring (bicyclic) bond motifs is 1. The number of hydrazone groups is 1. The predicted molar refractivity (Wildman–Crippen MR) is 95.9 cm³/mol. The Labute approximate surface area is 149 Å². The third-order valence-corrected chi connectivity index (χ3v) is 3.61. The second kappa shape index (κ2) is 7.36. The van der Waals surface area contributed by atoms with Gasteiger partial charge in [-0.2, -0.15) is 10.4 Å². The van der Waals surface area contributed by atoms with Gasteiger partial charge in [-0.1, -0.05) is 0 Å². The van der Waals surface area contributed by atoms with Gasteiger partial charge in [0.15, 0.2) is 23.1 Å². The molecule has 0 bridgehead atoms. The van der Waals surface area contributed by atoms with Gasteiger partial charge in [-0.15, -0.1) is 0 Å². The minimum absolute atomic E-state index is 0.154. The monoisotopic (exact) mass is 349 g/mol. The van der Waals surface area contributed by atoms with Crippen LogP contribution in [0.4, 0.5) is 5.69 Å². The van der Waals surface area contributed by atoms with E-state index in [1.807, 2.05) is 0 Å². The fraction of sp³-hybridized carbons (Fsp3) is 0.111. The number of ketones is 1. The molecule has 1 aliphatic rings. The van der Waals surface area contributed by atoms with E-state index in [1.54, 1.807) is 48.5 Å². The molecule has 8 nitrogen and oxygen atoms in total. The molecule has 2 aromatic carbocycles. The Morgan fingerprint density at radius 2 is 1.77 bits per heavy atom. The van der Waals surface area contributed by atoms with E-state index in [4.69, 9.17) is 25.9 Å². The number of nitriles is 1. The third-order valence-electron chi connectivity index (χ3n) is 3.61. The van der Waals surface area contributed by atoms with E-state index >= 15 is 0 Å². The third kappa shape index (κ3) is 3.62. The highest BCUT2D eigenvalue weighted by Crippen LogP contribution is 2.31. The SMILES string of the molecule is N#C/C(=N\Nc1ccc(C(=O)c2ccc3c(c2)OCCO3)cc1)C(=N)N. The lowest BCUT2D eigenvalue weighted by Crippen LogP contribution is -2.21. The molecule has 0 atom stereocenters. The summed E-state index contributed by atoms with van der Waals surface area (Å²) in [5.41, 5.74) is 9.15. The van der Waals surface area contributed by atoms with Gasteiger partial charge in [-0.25, -0.2) is 0 Å². The maximum atomic E-state index is 12.6. The molecule has 0 aliphatic carbocycles. The van der Waals surface area contributed by atoms with E-state index in [2.05, 4.69) is 10.5 Å². The number of carbonyl (C=O) groups excluding carboxylic acids is 1. The topological polar surface area (TPSA) is 134 Å². The van der Waals surface area contributed by atoms with Crippen LogP contribution in [0.1, 0.15) is 15.9 Å². The summed E-state index contributed by atoms with van der Waals surface area (Å²) >= 11 is 0. The molecule has 0 spiro atoms. The number of nitrogens with zero attached hydrogens (tertiary/aromatic N) is 2. The summed E-state index contributed by atoms with van der Waals surface area (Å²) in [7, 11) is 0. The molecular formula is C18H15N5O3. The Kier molecular flexibility index (Phi) is 4.80. The largest absolute Gasteiger partial charge is 0.486 e. The van der Waals surface area contributed by atoms with Crippen molar-refractivity contribution in [2.24, 2.45) is 10.8 Å². The standard InChI is InChI=1S/C18H15N5O3/c19-10-14(18(20)21)23-22-13-4-1-11(2-5-13)17(24)12-3-6-15-16(9-12)26-8-7-25-15/h1-6,9,22H,7-8H2,(H3,20,21)/b23-14+. The minimum atomic E-state index is -0.426. The maximum absolute atomic E-state index is 12.6. The number of ether oxygens (including phenoxy) is 2. The highest BCUT2D eigenvalue weighted by Gasteiger charge is 2.16. The molecule has 0 unspecified atom stereocenters. The van der Waals surface area contributed by atoms with Crippen molar-refractivity contribution in [2.75, 3.05) is 18.6 Å². The van der Waals surface area contributed by atoms with Crippen LogP contribution < -0.4 is 20.6 Å². The lowest BCUT2D eigenvalue weighted by molar-refractivity contribution is 0.103. The quantitative estimate of drug-likeness (QED) is 0.327. The van der Waals surface area contributed by atoms with E-state index in [0.29, 0.717) is 41.5 Å². The first-order chi connectivity index (χ1) is 12.6. The lowest BCUT2D eigenvalue weighted by Gasteiger charge is -2.18. The van der Waals surface area contributed by atoms with Crippen LogP contribution in [0.15, 0.2) is 47.6 Å². The van der Waals surface area contributed by atoms with Crippen molar-refractivity contribution in [3.63, 3.8) is 0 Å². The number of nitrogens with one attached hydrogen (secondary N) is 2. The van der Waals surface area contributed by atoms with Crippen LogP contribution in [-0.4, -0.2) is 30.5 Å². The van der Waals surface area contributed by atoms with Gasteiger partial charge < -0.3 is 15.2 Å². The van der Waals surface area contributed by atoms with E-state index < -0.39 is 5.84 Å². The van der Waals surface area contributed by atoms with E-state index in [-0.39, 0.29) is 11.5 Å². The van der Waals surface area contributed by atoms with Gasteiger partial charge in [0.1, 0.15) is 19.3 Å². The van der Waals surface area contributed by atoms with Crippen molar-refractivity contribution < 1.29 is 14.3 Å².